The SMILES string of the molecule is CCCC(C)(NC(=O)c1cc(O)ccc1O)C(=O)O. The highest BCUT2D eigenvalue weighted by atomic mass is 16.4. The van der Waals surface area contributed by atoms with E-state index in [4.69, 9.17) is 5.11 Å². The number of phenols is 2. The number of carboxylic acid groups (broad SMARTS) is 1. The van der Waals surface area contributed by atoms with Gasteiger partial charge in [0.05, 0.1) is 5.56 Å². The number of nitrogens with one attached hydrogen (secondary N) is 1. The molecule has 0 aromatic heterocycles. The van der Waals surface area contributed by atoms with Crippen molar-refractivity contribution in [2.75, 3.05) is 0 Å². The topological polar surface area (TPSA) is 107 Å². The molecule has 0 spiro atoms. The van der Waals surface area contributed by atoms with Gasteiger partial charge in [0.15, 0.2) is 0 Å². The quantitative estimate of drug-likeness (QED) is 0.604. The van der Waals surface area contributed by atoms with Crippen molar-refractivity contribution in [3.05, 3.63) is 23.8 Å². The number of carboxylic acids is 1. The monoisotopic (exact) mass is 267 g/mol. The maximum atomic E-state index is 12.0. The molecule has 0 aliphatic carbocycles. The molecule has 0 fully saturated rings. The number of aromatic hydroxyl groups is 2. The molecule has 0 radical (unpaired) electrons. The third kappa shape index (κ3) is 3.37. The number of aliphatic carboxylic acids is 1. The summed E-state index contributed by atoms with van der Waals surface area (Å²) in [5.74, 6) is -2.40. The lowest BCUT2D eigenvalue weighted by Crippen LogP contribution is -2.52. The summed E-state index contributed by atoms with van der Waals surface area (Å²) in [5.41, 5.74) is -1.58. The summed E-state index contributed by atoms with van der Waals surface area (Å²) in [6.07, 6.45) is 0.836. The van der Waals surface area contributed by atoms with Gasteiger partial charge in [0.25, 0.3) is 5.91 Å². The van der Waals surface area contributed by atoms with Crippen LogP contribution >= 0.6 is 0 Å². The van der Waals surface area contributed by atoms with Gasteiger partial charge >= 0.3 is 5.97 Å². The second-order valence-corrected chi connectivity index (χ2v) is 4.54. The van der Waals surface area contributed by atoms with Gasteiger partial charge in [-0.1, -0.05) is 13.3 Å². The van der Waals surface area contributed by atoms with Crippen molar-refractivity contribution in [3.63, 3.8) is 0 Å². The zero-order chi connectivity index (χ0) is 14.6. The number of amides is 1. The van der Waals surface area contributed by atoms with Crippen molar-refractivity contribution in [2.45, 2.75) is 32.2 Å². The molecule has 104 valence electrons. The van der Waals surface area contributed by atoms with Gasteiger partial charge in [-0.3, -0.25) is 4.79 Å². The molecule has 0 heterocycles. The Morgan fingerprint density at radius 3 is 2.47 bits per heavy atom. The van der Waals surface area contributed by atoms with Crippen LogP contribution in [0.25, 0.3) is 0 Å². The van der Waals surface area contributed by atoms with Crippen molar-refractivity contribution in [2.24, 2.45) is 0 Å². The van der Waals surface area contributed by atoms with Crippen molar-refractivity contribution >= 4 is 11.9 Å². The Hall–Kier alpha value is -2.24. The van der Waals surface area contributed by atoms with E-state index in [-0.39, 0.29) is 23.5 Å². The minimum absolute atomic E-state index is 0.163. The third-order valence-corrected chi connectivity index (χ3v) is 2.84. The van der Waals surface area contributed by atoms with E-state index in [0.717, 1.165) is 6.07 Å². The van der Waals surface area contributed by atoms with Crippen LogP contribution in [0.1, 0.15) is 37.0 Å². The Bertz CT molecular complexity index is 500. The van der Waals surface area contributed by atoms with E-state index in [1.165, 1.54) is 19.1 Å². The van der Waals surface area contributed by atoms with Gasteiger partial charge in [0.1, 0.15) is 17.0 Å². The van der Waals surface area contributed by atoms with E-state index < -0.39 is 17.4 Å². The molecule has 1 atom stereocenters. The summed E-state index contributed by atoms with van der Waals surface area (Å²) in [4.78, 5) is 23.2. The number of hydrogen-bond donors (Lipinski definition) is 4. The van der Waals surface area contributed by atoms with Crippen LogP contribution in [0, 0.1) is 0 Å². The molecule has 0 aliphatic rings. The molecule has 1 amide bonds. The van der Waals surface area contributed by atoms with Crippen molar-refractivity contribution in [1.29, 1.82) is 0 Å². The average Bonchev–Trinajstić information content (AvgIpc) is 2.32. The number of rotatable bonds is 5. The molecule has 0 aliphatic heterocycles. The summed E-state index contributed by atoms with van der Waals surface area (Å²) >= 11 is 0. The highest BCUT2D eigenvalue weighted by Gasteiger charge is 2.34. The Kier molecular flexibility index (Phi) is 4.37. The first-order valence-corrected chi connectivity index (χ1v) is 5.88. The van der Waals surface area contributed by atoms with Crippen molar-refractivity contribution in [3.8, 4) is 11.5 Å². The minimum Gasteiger partial charge on any atom is -0.508 e. The maximum absolute atomic E-state index is 12.0. The van der Waals surface area contributed by atoms with Gasteiger partial charge in [-0.15, -0.1) is 0 Å². The Morgan fingerprint density at radius 2 is 1.95 bits per heavy atom. The molecule has 19 heavy (non-hydrogen) atoms. The molecule has 6 nitrogen and oxygen atoms in total. The molecule has 0 saturated heterocycles. The fourth-order valence-electron chi connectivity index (χ4n) is 1.75. The van der Waals surface area contributed by atoms with E-state index in [1.54, 1.807) is 6.92 Å². The van der Waals surface area contributed by atoms with Gasteiger partial charge in [-0.2, -0.15) is 0 Å². The Morgan fingerprint density at radius 1 is 1.32 bits per heavy atom. The second kappa shape index (κ2) is 5.60. The van der Waals surface area contributed by atoms with Crippen LogP contribution < -0.4 is 5.32 Å². The molecule has 1 aromatic carbocycles. The summed E-state index contributed by atoms with van der Waals surface area (Å²) in [7, 11) is 0. The molecule has 6 heteroatoms. The highest BCUT2D eigenvalue weighted by molar-refractivity contribution is 6.00. The van der Waals surface area contributed by atoms with E-state index in [0.29, 0.717) is 6.42 Å². The first-order chi connectivity index (χ1) is 8.80. The predicted octanol–water partition coefficient (Wildman–Crippen LogP) is 1.47. The van der Waals surface area contributed by atoms with Crippen LogP contribution in [-0.2, 0) is 4.79 Å². The third-order valence-electron chi connectivity index (χ3n) is 2.84. The molecule has 0 saturated carbocycles. The van der Waals surface area contributed by atoms with Crippen LogP contribution in [0.4, 0.5) is 0 Å². The van der Waals surface area contributed by atoms with Crippen molar-refractivity contribution < 1.29 is 24.9 Å². The van der Waals surface area contributed by atoms with Crippen LogP contribution in [0.15, 0.2) is 18.2 Å². The second-order valence-electron chi connectivity index (χ2n) is 4.54. The van der Waals surface area contributed by atoms with Gasteiger partial charge in [0.2, 0.25) is 0 Å². The average molecular weight is 267 g/mol. The predicted molar refractivity (Wildman–Crippen MR) is 68.2 cm³/mol. The number of carbonyl (C=O) groups excluding carboxylic acids is 1. The van der Waals surface area contributed by atoms with Gasteiger partial charge < -0.3 is 20.6 Å². The molecular weight excluding hydrogens is 250 g/mol. The lowest BCUT2D eigenvalue weighted by molar-refractivity contribution is -0.144. The van der Waals surface area contributed by atoms with Crippen molar-refractivity contribution in [1.82, 2.24) is 5.32 Å². The Balaban J connectivity index is 3.00. The lowest BCUT2D eigenvalue weighted by Gasteiger charge is -2.25. The standard InChI is InChI=1S/C13H17NO5/c1-3-6-13(2,12(18)19)14-11(17)9-7-8(15)4-5-10(9)16/h4-5,7,15-16H,3,6H2,1-2H3,(H,14,17)(H,18,19). The fourth-order valence-corrected chi connectivity index (χ4v) is 1.75. The zero-order valence-corrected chi connectivity index (χ0v) is 10.8. The number of hydrogen-bond acceptors (Lipinski definition) is 4. The smallest absolute Gasteiger partial charge is 0.329 e. The highest BCUT2D eigenvalue weighted by Crippen LogP contribution is 2.23. The lowest BCUT2D eigenvalue weighted by atomic mass is 9.95. The van der Waals surface area contributed by atoms with Crippen LogP contribution in [0.3, 0.4) is 0 Å². The van der Waals surface area contributed by atoms with E-state index in [2.05, 4.69) is 5.32 Å². The number of benzene rings is 1. The molecule has 4 N–H and O–H groups in total. The fraction of sp³-hybridized carbons (Fsp3) is 0.385. The van der Waals surface area contributed by atoms with Crippen LogP contribution in [0.2, 0.25) is 0 Å². The van der Waals surface area contributed by atoms with Crippen LogP contribution in [-0.4, -0.2) is 32.7 Å². The molecule has 0 bridgehead atoms. The van der Waals surface area contributed by atoms with E-state index >= 15 is 0 Å². The summed E-state index contributed by atoms with van der Waals surface area (Å²) < 4.78 is 0. The molecule has 1 rings (SSSR count). The summed E-state index contributed by atoms with van der Waals surface area (Å²) in [6, 6.07) is 3.48. The molecule has 1 aromatic rings. The van der Waals surface area contributed by atoms with E-state index in [1.807, 2.05) is 0 Å². The molecule has 1 unspecified atom stereocenters. The summed E-state index contributed by atoms with van der Waals surface area (Å²) in [6.45, 7) is 3.20. The minimum atomic E-state index is -1.41. The summed E-state index contributed by atoms with van der Waals surface area (Å²) in [5, 5.41) is 30.4. The van der Waals surface area contributed by atoms with Gasteiger partial charge in [-0.05, 0) is 31.5 Å². The number of phenolic OH excluding ortho intramolecular Hbond substituents is 2. The van der Waals surface area contributed by atoms with Crippen LogP contribution in [0.5, 0.6) is 11.5 Å². The van der Waals surface area contributed by atoms with Gasteiger partial charge in [-0.25, -0.2) is 4.79 Å². The first-order valence-electron chi connectivity index (χ1n) is 5.88. The number of carbonyl (C=O) groups is 2. The first kappa shape index (κ1) is 14.8. The van der Waals surface area contributed by atoms with Gasteiger partial charge in [0, 0.05) is 0 Å². The Labute approximate surface area is 110 Å². The molecular formula is C13H17NO5. The largest absolute Gasteiger partial charge is 0.508 e. The maximum Gasteiger partial charge on any atom is 0.329 e. The van der Waals surface area contributed by atoms with E-state index in [9.17, 15) is 19.8 Å². The normalized spacial score (nSPS) is 13.6. The zero-order valence-electron chi connectivity index (χ0n) is 10.8.